The minimum Gasteiger partial charge on any atom is -0.316 e. The topological polar surface area (TPSA) is 71.1 Å². The zero-order chi connectivity index (χ0) is 15.5. The summed E-state index contributed by atoms with van der Waals surface area (Å²) in [5.74, 6) is 0. The Balaban J connectivity index is 2.20. The highest BCUT2D eigenvalue weighted by molar-refractivity contribution is 7.89. The molecular weight excluding hydrogens is 306 g/mol. The van der Waals surface area contributed by atoms with Gasteiger partial charge in [0.25, 0.3) is 0 Å². The Hall–Kier alpha value is -1.28. The Morgan fingerprint density at radius 1 is 1.24 bits per heavy atom. The maximum atomic E-state index is 12.4. The van der Waals surface area contributed by atoms with E-state index in [9.17, 15) is 8.42 Å². The number of benzene rings is 1. The van der Waals surface area contributed by atoms with Crippen LogP contribution in [0.3, 0.4) is 0 Å². The predicted octanol–water partition coefficient (Wildman–Crippen LogP) is 1.96. The lowest BCUT2D eigenvalue weighted by Gasteiger charge is -2.10. The molecule has 2 N–H and O–H groups in total. The zero-order valence-corrected chi connectivity index (χ0v) is 13.9. The van der Waals surface area contributed by atoms with Crippen LogP contribution in [0, 0.1) is 13.8 Å². The second kappa shape index (κ2) is 6.65. The van der Waals surface area contributed by atoms with Crippen molar-refractivity contribution in [3.8, 4) is 0 Å². The highest BCUT2D eigenvalue weighted by atomic mass is 32.2. The highest BCUT2D eigenvalue weighted by Crippen LogP contribution is 2.18. The number of thiazole rings is 1. The van der Waals surface area contributed by atoms with E-state index in [0.717, 1.165) is 21.8 Å². The molecule has 0 aliphatic heterocycles. The van der Waals surface area contributed by atoms with Crippen LogP contribution in [0.5, 0.6) is 0 Å². The number of nitrogens with zero attached hydrogens (tertiary/aromatic N) is 1. The molecule has 0 bridgehead atoms. The van der Waals surface area contributed by atoms with Gasteiger partial charge in [0.1, 0.15) is 5.01 Å². The molecular formula is C14H19N3O2S2. The number of aryl methyl sites for hydroxylation is 2. The lowest BCUT2D eigenvalue weighted by atomic mass is 10.1. The van der Waals surface area contributed by atoms with Gasteiger partial charge in [0, 0.05) is 17.6 Å². The third-order valence-corrected chi connectivity index (χ3v) is 5.51. The minimum absolute atomic E-state index is 0.219. The van der Waals surface area contributed by atoms with Gasteiger partial charge in [-0.15, -0.1) is 11.3 Å². The fourth-order valence-electron chi connectivity index (χ4n) is 1.97. The molecule has 21 heavy (non-hydrogen) atoms. The van der Waals surface area contributed by atoms with E-state index in [4.69, 9.17) is 0 Å². The van der Waals surface area contributed by atoms with Gasteiger partial charge in [0.05, 0.1) is 11.4 Å². The summed E-state index contributed by atoms with van der Waals surface area (Å²) in [5, 5.41) is 5.69. The van der Waals surface area contributed by atoms with Gasteiger partial charge in [-0.05, 0) is 38.1 Å². The molecule has 0 saturated carbocycles. The van der Waals surface area contributed by atoms with E-state index in [1.807, 2.05) is 31.5 Å². The van der Waals surface area contributed by atoms with E-state index < -0.39 is 10.0 Å². The fourth-order valence-corrected chi connectivity index (χ4v) is 4.05. The summed E-state index contributed by atoms with van der Waals surface area (Å²) in [5.41, 5.74) is 2.58. The fraction of sp³-hybridized carbons (Fsp3) is 0.357. The van der Waals surface area contributed by atoms with Crippen LogP contribution >= 0.6 is 11.3 Å². The summed E-state index contributed by atoms with van der Waals surface area (Å²) in [6.45, 7) is 4.54. The van der Waals surface area contributed by atoms with Crippen molar-refractivity contribution < 1.29 is 8.42 Å². The highest BCUT2D eigenvalue weighted by Gasteiger charge is 2.17. The van der Waals surface area contributed by atoms with E-state index in [1.165, 1.54) is 11.3 Å². The first kappa shape index (κ1) is 16.1. The number of sulfonamides is 1. The molecule has 0 unspecified atom stereocenters. The van der Waals surface area contributed by atoms with Crippen molar-refractivity contribution in [1.29, 1.82) is 0 Å². The predicted molar refractivity (Wildman–Crippen MR) is 84.8 cm³/mol. The third kappa shape index (κ3) is 4.10. The van der Waals surface area contributed by atoms with E-state index in [0.29, 0.717) is 11.4 Å². The van der Waals surface area contributed by atoms with Gasteiger partial charge in [-0.2, -0.15) is 0 Å². The molecule has 0 saturated heterocycles. The molecule has 114 valence electrons. The van der Waals surface area contributed by atoms with Gasteiger partial charge >= 0.3 is 0 Å². The first-order valence-electron chi connectivity index (χ1n) is 6.57. The molecule has 0 aliphatic rings. The van der Waals surface area contributed by atoms with E-state index in [-0.39, 0.29) is 6.54 Å². The number of nitrogens with one attached hydrogen (secondary N) is 2. The van der Waals surface area contributed by atoms with Crippen molar-refractivity contribution in [3.05, 3.63) is 45.4 Å². The molecule has 0 fully saturated rings. The Morgan fingerprint density at radius 2 is 2.00 bits per heavy atom. The van der Waals surface area contributed by atoms with Crippen LogP contribution in [-0.4, -0.2) is 20.4 Å². The Labute approximate surface area is 129 Å². The van der Waals surface area contributed by atoms with E-state index in [1.54, 1.807) is 13.0 Å². The van der Waals surface area contributed by atoms with Crippen LogP contribution in [0.1, 0.15) is 21.8 Å². The summed E-state index contributed by atoms with van der Waals surface area (Å²) in [6.07, 6.45) is 0. The Morgan fingerprint density at radius 3 is 2.62 bits per heavy atom. The van der Waals surface area contributed by atoms with Crippen molar-refractivity contribution in [2.75, 3.05) is 7.05 Å². The SMILES string of the molecule is CNCc1ccc(C)c(S(=O)(=O)NCc2nc(C)cs2)c1. The third-order valence-electron chi connectivity index (χ3n) is 3.00. The quantitative estimate of drug-likeness (QED) is 0.852. The van der Waals surface area contributed by atoms with Gasteiger partial charge in [0.15, 0.2) is 0 Å². The molecule has 0 amide bonds. The maximum Gasteiger partial charge on any atom is 0.241 e. The van der Waals surface area contributed by atoms with Crippen LogP contribution in [0.25, 0.3) is 0 Å². The molecule has 1 aromatic carbocycles. The Bertz CT molecular complexity index is 724. The molecule has 0 spiro atoms. The van der Waals surface area contributed by atoms with Crippen LogP contribution in [-0.2, 0) is 23.1 Å². The van der Waals surface area contributed by atoms with Gasteiger partial charge in [0.2, 0.25) is 10.0 Å². The largest absolute Gasteiger partial charge is 0.316 e. The smallest absolute Gasteiger partial charge is 0.241 e. The Kier molecular flexibility index (Phi) is 5.10. The lowest BCUT2D eigenvalue weighted by molar-refractivity contribution is 0.580. The van der Waals surface area contributed by atoms with Crippen molar-refractivity contribution in [3.63, 3.8) is 0 Å². The number of rotatable bonds is 6. The van der Waals surface area contributed by atoms with E-state index >= 15 is 0 Å². The number of hydrogen-bond acceptors (Lipinski definition) is 5. The molecule has 7 heteroatoms. The van der Waals surface area contributed by atoms with Crippen molar-refractivity contribution in [1.82, 2.24) is 15.0 Å². The molecule has 2 rings (SSSR count). The average molecular weight is 325 g/mol. The van der Waals surface area contributed by atoms with Crippen molar-refractivity contribution in [2.45, 2.75) is 31.8 Å². The van der Waals surface area contributed by atoms with E-state index in [2.05, 4.69) is 15.0 Å². The normalized spacial score (nSPS) is 11.8. The molecule has 0 aliphatic carbocycles. The summed E-state index contributed by atoms with van der Waals surface area (Å²) in [6, 6.07) is 5.46. The maximum absolute atomic E-state index is 12.4. The summed E-state index contributed by atoms with van der Waals surface area (Å²) in [4.78, 5) is 4.58. The molecule has 2 aromatic rings. The minimum atomic E-state index is -3.53. The second-order valence-corrected chi connectivity index (χ2v) is 7.52. The molecule has 0 atom stereocenters. The zero-order valence-electron chi connectivity index (χ0n) is 12.3. The first-order valence-corrected chi connectivity index (χ1v) is 8.93. The molecule has 5 nitrogen and oxygen atoms in total. The second-order valence-electron chi connectivity index (χ2n) is 4.84. The molecule has 1 heterocycles. The standard InChI is InChI=1S/C14H19N3O2S2/c1-10-4-5-12(7-15-3)6-13(10)21(18,19)16-8-14-17-11(2)9-20-14/h4-6,9,15-16H,7-8H2,1-3H3. The van der Waals surface area contributed by atoms with Crippen molar-refractivity contribution >= 4 is 21.4 Å². The monoisotopic (exact) mass is 325 g/mol. The summed E-state index contributed by atoms with van der Waals surface area (Å²) < 4.78 is 27.5. The van der Waals surface area contributed by atoms with Crippen LogP contribution in [0.4, 0.5) is 0 Å². The number of hydrogen-bond donors (Lipinski definition) is 2. The van der Waals surface area contributed by atoms with Gasteiger partial charge in [-0.3, -0.25) is 0 Å². The van der Waals surface area contributed by atoms with Gasteiger partial charge < -0.3 is 5.32 Å². The number of aromatic nitrogens is 1. The summed E-state index contributed by atoms with van der Waals surface area (Å²) in [7, 11) is -1.70. The molecule has 1 aromatic heterocycles. The van der Waals surface area contributed by atoms with Crippen LogP contribution in [0.15, 0.2) is 28.5 Å². The summed E-state index contributed by atoms with van der Waals surface area (Å²) >= 11 is 1.45. The first-order chi connectivity index (χ1) is 9.92. The van der Waals surface area contributed by atoms with Crippen LogP contribution in [0.2, 0.25) is 0 Å². The van der Waals surface area contributed by atoms with Gasteiger partial charge in [-0.25, -0.2) is 18.1 Å². The van der Waals surface area contributed by atoms with Crippen molar-refractivity contribution in [2.24, 2.45) is 0 Å². The average Bonchev–Trinajstić information content (AvgIpc) is 2.85. The molecule has 0 radical (unpaired) electrons. The van der Waals surface area contributed by atoms with Crippen LogP contribution < -0.4 is 10.0 Å². The lowest BCUT2D eigenvalue weighted by Crippen LogP contribution is -2.24. The van der Waals surface area contributed by atoms with Gasteiger partial charge in [-0.1, -0.05) is 12.1 Å².